The molecule has 1 aromatic heterocycles. The number of hydrogen-bond donors (Lipinski definition) is 0. The summed E-state index contributed by atoms with van der Waals surface area (Å²) >= 11 is 0. The highest BCUT2D eigenvalue weighted by Gasteiger charge is 2.16. The molecule has 0 radical (unpaired) electrons. The molecule has 0 bridgehead atoms. The van der Waals surface area contributed by atoms with Gasteiger partial charge in [-0.2, -0.15) is 0 Å². The zero-order valence-electron chi connectivity index (χ0n) is 29.4. The summed E-state index contributed by atoms with van der Waals surface area (Å²) in [6, 6.07) is 70.5. The Morgan fingerprint density at radius 1 is 0.377 bits per heavy atom. The van der Waals surface area contributed by atoms with Crippen LogP contribution in [0.2, 0.25) is 0 Å². The second-order valence-corrected chi connectivity index (χ2v) is 13.2. The molecule has 1 heterocycles. The van der Waals surface area contributed by atoms with Crippen LogP contribution in [0.4, 0.5) is 17.1 Å². The van der Waals surface area contributed by atoms with Crippen molar-refractivity contribution in [1.82, 2.24) is 4.98 Å². The van der Waals surface area contributed by atoms with Gasteiger partial charge in [-0.3, -0.25) is 0 Å². The van der Waals surface area contributed by atoms with Crippen LogP contribution in [0.25, 0.3) is 67.1 Å². The van der Waals surface area contributed by atoms with Gasteiger partial charge in [0, 0.05) is 22.6 Å². The van der Waals surface area contributed by atoms with Gasteiger partial charge in [0.2, 0.25) is 5.89 Å². The first-order valence-electron chi connectivity index (χ1n) is 18.0. The molecule has 0 saturated heterocycles. The first-order valence-corrected chi connectivity index (χ1v) is 18.0. The molecular weight excluding hydrogens is 645 g/mol. The second kappa shape index (κ2) is 14.0. The number of aromatic nitrogens is 1. The fourth-order valence-electron chi connectivity index (χ4n) is 7.24. The summed E-state index contributed by atoms with van der Waals surface area (Å²) in [4.78, 5) is 7.18. The van der Waals surface area contributed by atoms with E-state index >= 15 is 0 Å². The van der Waals surface area contributed by atoms with E-state index in [1.54, 1.807) is 0 Å². The Labute approximate surface area is 310 Å². The van der Waals surface area contributed by atoms with E-state index in [4.69, 9.17) is 9.40 Å². The quantitative estimate of drug-likeness (QED) is 0.160. The second-order valence-electron chi connectivity index (χ2n) is 13.2. The smallest absolute Gasteiger partial charge is 0.227 e. The molecular formula is C50H36N2O. The molecule has 0 atom stereocenters. The van der Waals surface area contributed by atoms with Gasteiger partial charge in [-0.15, -0.1) is 0 Å². The van der Waals surface area contributed by atoms with Gasteiger partial charge < -0.3 is 9.32 Å². The van der Waals surface area contributed by atoms with Crippen LogP contribution in [0.5, 0.6) is 0 Å². The van der Waals surface area contributed by atoms with Crippen molar-refractivity contribution in [2.75, 3.05) is 4.90 Å². The minimum absolute atomic E-state index is 0.619. The lowest BCUT2D eigenvalue weighted by Gasteiger charge is -2.25. The first kappa shape index (κ1) is 32.0. The average Bonchev–Trinajstić information content (AvgIpc) is 3.66. The van der Waals surface area contributed by atoms with E-state index in [0.29, 0.717) is 5.89 Å². The van der Waals surface area contributed by atoms with E-state index in [1.807, 2.05) is 6.07 Å². The van der Waals surface area contributed by atoms with Crippen LogP contribution in [-0.2, 0) is 0 Å². The van der Waals surface area contributed by atoms with Crippen LogP contribution < -0.4 is 4.90 Å². The monoisotopic (exact) mass is 680 g/mol. The molecule has 0 aliphatic rings. The Balaban J connectivity index is 1.03. The Hall–Kier alpha value is -6.97. The number of anilines is 3. The van der Waals surface area contributed by atoms with Gasteiger partial charge in [0.25, 0.3) is 0 Å². The fourth-order valence-corrected chi connectivity index (χ4v) is 7.24. The number of benzene rings is 8. The highest BCUT2D eigenvalue weighted by molar-refractivity contribution is 5.92. The van der Waals surface area contributed by atoms with Crippen LogP contribution in [0.3, 0.4) is 0 Å². The Kier molecular flexibility index (Phi) is 8.43. The predicted molar refractivity (Wildman–Crippen MR) is 221 cm³/mol. The van der Waals surface area contributed by atoms with Gasteiger partial charge >= 0.3 is 0 Å². The molecule has 0 amide bonds. The summed E-state index contributed by atoms with van der Waals surface area (Å²) in [5.74, 6) is 0.619. The minimum Gasteiger partial charge on any atom is -0.436 e. The number of aryl methyl sites for hydroxylation is 1. The highest BCUT2D eigenvalue weighted by Crippen LogP contribution is 2.41. The lowest BCUT2D eigenvalue weighted by molar-refractivity contribution is 0.620. The zero-order valence-corrected chi connectivity index (χ0v) is 29.4. The fraction of sp³-hybridized carbons (Fsp3) is 0.0200. The van der Waals surface area contributed by atoms with Crippen LogP contribution in [-0.4, -0.2) is 4.98 Å². The lowest BCUT2D eigenvalue weighted by Crippen LogP contribution is -2.09. The molecule has 3 heteroatoms. The van der Waals surface area contributed by atoms with Crippen molar-refractivity contribution < 1.29 is 4.42 Å². The molecule has 53 heavy (non-hydrogen) atoms. The van der Waals surface area contributed by atoms with Crippen LogP contribution >= 0.6 is 0 Å². The molecule has 0 aliphatic carbocycles. The third-order valence-corrected chi connectivity index (χ3v) is 9.90. The van der Waals surface area contributed by atoms with Crippen molar-refractivity contribution in [3.63, 3.8) is 0 Å². The summed E-state index contributed by atoms with van der Waals surface area (Å²) in [5.41, 5.74) is 16.5. The molecule has 3 nitrogen and oxygen atoms in total. The predicted octanol–water partition coefficient (Wildman–Crippen LogP) is 13.9. The Morgan fingerprint density at radius 2 is 0.811 bits per heavy atom. The maximum Gasteiger partial charge on any atom is 0.227 e. The molecule has 0 fully saturated rings. The van der Waals surface area contributed by atoms with Crippen molar-refractivity contribution in [2.45, 2.75) is 6.92 Å². The third-order valence-electron chi connectivity index (χ3n) is 9.90. The normalized spacial score (nSPS) is 11.1. The number of hydrogen-bond acceptors (Lipinski definition) is 3. The molecule has 252 valence electrons. The van der Waals surface area contributed by atoms with Crippen LogP contribution in [0.15, 0.2) is 205 Å². The van der Waals surface area contributed by atoms with Crippen LogP contribution in [0, 0.1) is 6.92 Å². The largest absolute Gasteiger partial charge is 0.436 e. The van der Waals surface area contributed by atoms with Crippen molar-refractivity contribution in [3.05, 3.63) is 206 Å². The summed E-state index contributed by atoms with van der Waals surface area (Å²) < 4.78 is 6.24. The van der Waals surface area contributed by atoms with Crippen molar-refractivity contribution >= 4 is 28.2 Å². The maximum absolute atomic E-state index is 6.24. The van der Waals surface area contributed by atoms with E-state index in [-0.39, 0.29) is 0 Å². The number of oxazole rings is 1. The number of para-hydroxylation sites is 2. The highest BCUT2D eigenvalue weighted by atomic mass is 16.3. The molecule has 9 rings (SSSR count). The van der Waals surface area contributed by atoms with Gasteiger partial charge in [0.15, 0.2) is 5.58 Å². The average molecular weight is 681 g/mol. The van der Waals surface area contributed by atoms with Gasteiger partial charge in [-0.05, 0) is 118 Å². The Morgan fingerprint density at radius 3 is 1.38 bits per heavy atom. The summed E-state index contributed by atoms with van der Waals surface area (Å²) in [6.07, 6.45) is 0. The van der Waals surface area contributed by atoms with E-state index in [9.17, 15) is 0 Å². The standard InChI is InChI=1S/C50H36N2O/c1-35-14-8-9-19-43(35)39-30-33-49-48(34-39)51-50(53-49)38-26-24-36(25-27-38)44-20-10-12-22-46(44)47-23-13-11-21-45(47)37-28-31-42(32-29-37)52(40-15-4-2-5-16-40)41-17-6-3-7-18-41/h2-34H,1H3. The summed E-state index contributed by atoms with van der Waals surface area (Å²) in [6.45, 7) is 2.13. The van der Waals surface area contributed by atoms with E-state index in [1.165, 1.54) is 33.4 Å². The van der Waals surface area contributed by atoms with Crippen molar-refractivity contribution in [2.24, 2.45) is 0 Å². The van der Waals surface area contributed by atoms with Gasteiger partial charge in [-0.1, -0.05) is 140 Å². The maximum atomic E-state index is 6.24. The van der Waals surface area contributed by atoms with E-state index in [2.05, 4.69) is 206 Å². The van der Waals surface area contributed by atoms with Crippen molar-refractivity contribution in [1.29, 1.82) is 0 Å². The minimum atomic E-state index is 0.619. The number of nitrogens with zero attached hydrogens (tertiary/aromatic N) is 2. The topological polar surface area (TPSA) is 29.3 Å². The number of rotatable bonds is 8. The number of fused-ring (bicyclic) bond motifs is 1. The zero-order chi connectivity index (χ0) is 35.6. The lowest BCUT2D eigenvalue weighted by atomic mass is 9.89. The molecule has 0 spiro atoms. The molecule has 9 aromatic rings. The molecule has 0 aliphatic heterocycles. The molecule has 8 aromatic carbocycles. The third kappa shape index (κ3) is 6.30. The summed E-state index contributed by atoms with van der Waals surface area (Å²) in [5, 5.41) is 0. The van der Waals surface area contributed by atoms with Gasteiger partial charge in [-0.25, -0.2) is 4.98 Å². The SMILES string of the molecule is Cc1ccccc1-c1ccc2oc(-c3ccc(-c4ccccc4-c4ccccc4-c4ccc(N(c5ccccc5)c5ccccc5)cc4)cc3)nc2c1. The molecule has 0 unspecified atom stereocenters. The first-order chi connectivity index (χ1) is 26.2. The van der Waals surface area contributed by atoms with Crippen molar-refractivity contribution in [3.8, 4) is 56.0 Å². The van der Waals surface area contributed by atoms with Crippen LogP contribution in [0.1, 0.15) is 5.56 Å². The van der Waals surface area contributed by atoms with Gasteiger partial charge in [0.05, 0.1) is 0 Å². The molecule has 0 N–H and O–H groups in total. The van der Waals surface area contributed by atoms with E-state index < -0.39 is 0 Å². The molecule has 0 saturated carbocycles. The summed E-state index contributed by atoms with van der Waals surface area (Å²) in [7, 11) is 0. The Bertz CT molecular complexity index is 2620. The van der Waals surface area contributed by atoms with E-state index in [0.717, 1.165) is 50.4 Å². The van der Waals surface area contributed by atoms with Gasteiger partial charge in [0.1, 0.15) is 5.52 Å².